The minimum Gasteiger partial charge on any atom is -0.346 e. The van der Waals surface area contributed by atoms with Crippen LogP contribution in [-0.2, 0) is 6.54 Å². The number of nitrogens with zero attached hydrogens (tertiary/aromatic N) is 2. The van der Waals surface area contributed by atoms with Gasteiger partial charge in [0.2, 0.25) is 5.43 Å². The number of carbonyl (C=O) groups is 1. The van der Waals surface area contributed by atoms with E-state index in [2.05, 4.69) is 10.4 Å². The lowest BCUT2D eigenvalue weighted by molar-refractivity contribution is 0.0943. The number of amides is 1. The maximum absolute atomic E-state index is 12.4. The molecule has 0 spiro atoms. The maximum Gasteiger partial charge on any atom is 0.276 e. The van der Waals surface area contributed by atoms with Crippen LogP contribution in [-0.4, -0.2) is 15.7 Å². The van der Waals surface area contributed by atoms with Gasteiger partial charge < -0.3 is 5.32 Å². The number of rotatable bonds is 4. The van der Waals surface area contributed by atoms with E-state index in [1.165, 1.54) is 6.07 Å². The maximum atomic E-state index is 12.4. The Labute approximate surface area is 149 Å². The van der Waals surface area contributed by atoms with Gasteiger partial charge in [-0.2, -0.15) is 5.10 Å². The molecule has 1 N–H and O–H groups in total. The highest BCUT2D eigenvalue weighted by Gasteiger charge is 2.15. The molecule has 0 bridgehead atoms. The van der Waals surface area contributed by atoms with Gasteiger partial charge in [0.05, 0.1) is 5.69 Å². The van der Waals surface area contributed by atoms with E-state index >= 15 is 0 Å². The number of aromatic nitrogens is 2. The van der Waals surface area contributed by atoms with Crippen LogP contribution in [0.25, 0.3) is 5.69 Å². The molecular formula is C19H16ClN3O2. The Morgan fingerprint density at radius 3 is 2.60 bits per heavy atom. The summed E-state index contributed by atoms with van der Waals surface area (Å²) in [6.07, 6.45) is 0. The SMILES string of the molecule is Cc1cc(=O)c(C(=O)NCc2cccc(Cl)c2)nn1-c1ccccc1. The Bertz CT molecular complexity index is 968. The summed E-state index contributed by atoms with van der Waals surface area (Å²) < 4.78 is 1.58. The Balaban J connectivity index is 1.86. The third-order valence-corrected chi connectivity index (χ3v) is 3.90. The van der Waals surface area contributed by atoms with E-state index in [-0.39, 0.29) is 12.2 Å². The number of hydrogen-bond donors (Lipinski definition) is 1. The number of benzene rings is 2. The predicted octanol–water partition coefficient (Wildman–Crippen LogP) is 3.12. The highest BCUT2D eigenvalue weighted by molar-refractivity contribution is 6.30. The lowest BCUT2D eigenvalue weighted by Crippen LogP contribution is -2.31. The van der Waals surface area contributed by atoms with Gasteiger partial charge in [-0.25, -0.2) is 4.68 Å². The van der Waals surface area contributed by atoms with Crippen LogP contribution in [0.15, 0.2) is 65.5 Å². The first-order valence-corrected chi connectivity index (χ1v) is 8.11. The van der Waals surface area contributed by atoms with Crippen molar-refractivity contribution in [2.75, 3.05) is 0 Å². The summed E-state index contributed by atoms with van der Waals surface area (Å²) in [6.45, 7) is 2.04. The topological polar surface area (TPSA) is 64.0 Å². The van der Waals surface area contributed by atoms with Crippen molar-refractivity contribution in [2.45, 2.75) is 13.5 Å². The molecule has 3 rings (SSSR count). The van der Waals surface area contributed by atoms with Gasteiger partial charge in [0.1, 0.15) is 0 Å². The molecular weight excluding hydrogens is 338 g/mol. The summed E-state index contributed by atoms with van der Waals surface area (Å²) in [5, 5.41) is 7.54. The third-order valence-electron chi connectivity index (χ3n) is 3.67. The van der Waals surface area contributed by atoms with Gasteiger partial charge >= 0.3 is 0 Å². The Morgan fingerprint density at radius 2 is 1.88 bits per heavy atom. The van der Waals surface area contributed by atoms with Crippen LogP contribution >= 0.6 is 11.6 Å². The zero-order valence-corrected chi connectivity index (χ0v) is 14.3. The van der Waals surface area contributed by atoms with E-state index in [1.54, 1.807) is 29.8 Å². The zero-order valence-electron chi connectivity index (χ0n) is 13.6. The molecule has 1 aromatic heterocycles. The molecule has 0 aliphatic carbocycles. The van der Waals surface area contributed by atoms with Crippen molar-refractivity contribution in [2.24, 2.45) is 0 Å². The van der Waals surface area contributed by atoms with Crippen LogP contribution in [0.4, 0.5) is 0 Å². The summed E-state index contributed by atoms with van der Waals surface area (Å²) in [6, 6.07) is 17.9. The van der Waals surface area contributed by atoms with Crippen molar-refractivity contribution >= 4 is 17.5 Å². The van der Waals surface area contributed by atoms with Crippen molar-refractivity contribution in [1.82, 2.24) is 15.1 Å². The largest absolute Gasteiger partial charge is 0.346 e. The van der Waals surface area contributed by atoms with Gasteiger partial charge in [-0.1, -0.05) is 41.9 Å². The van der Waals surface area contributed by atoms with Gasteiger partial charge in [-0.05, 0) is 36.8 Å². The van der Waals surface area contributed by atoms with E-state index in [0.29, 0.717) is 10.7 Å². The number of para-hydroxylation sites is 1. The molecule has 0 aliphatic rings. The minimum atomic E-state index is -0.519. The van der Waals surface area contributed by atoms with Crippen molar-refractivity contribution < 1.29 is 4.79 Å². The van der Waals surface area contributed by atoms with E-state index in [1.807, 2.05) is 36.4 Å². The summed E-state index contributed by atoms with van der Waals surface area (Å²) in [5.74, 6) is -0.519. The molecule has 2 aromatic carbocycles. The van der Waals surface area contributed by atoms with Crippen molar-refractivity contribution in [3.8, 4) is 5.69 Å². The van der Waals surface area contributed by atoms with Crippen molar-refractivity contribution in [1.29, 1.82) is 0 Å². The first-order chi connectivity index (χ1) is 12.0. The molecule has 0 fully saturated rings. The molecule has 25 heavy (non-hydrogen) atoms. The van der Waals surface area contributed by atoms with Gasteiger partial charge in [0, 0.05) is 23.3 Å². The van der Waals surface area contributed by atoms with Crippen LogP contribution < -0.4 is 10.7 Å². The van der Waals surface area contributed by atoms with Crippen molar-refractivity contribution in [3.05, 3.63) is 92.9 Å². The molecule has 3 aromatic rings. The summed E-state index contributed by atoms with van der Waals surface area (Å²) >= 11 is 5.93. The summed E-state index contributed by atoms with van der Waals surface area (Å²) in [4.78, 5) is 24.6. The molecule has 126 valence electrons. The molecule has 0 atom stereocenters. The number of nitrogens with one attached hydrogen (secondary N) is 1. The number of carbonyl (C=O) groups excluding carboxylic acids is 1. The van der Waals surface area contributed by atoms with E-state index in [4.69, 9.17) is 11.6 Å². The molecule has 0 unspecified atom stereocenters. The first-order valence-electron chi connectivity index (χ1n) is 7.73. The molecule has 6 heteroatoms. The Kier molecular flexibility index (Phi) is 4.95. The second-order valence-electron chi connectivity index (χ2n) is 5.56. The van der Waals surface area contributed by atoms with Crippen LogP contribution in [0.1, 0.15) is 21.7 Å². The predicted molar refractivity (Wildman–Crippen MR) is 97.2 cm³/mol. The van der Waals surface area contributed by atoms with E-state index in [9.17, 15) is 9.59 Å². The average Bonchev–Trinajstić information content (AvgIpc) is 2.60. The van der Waals surface area contributed by atoms with Crippen LogP contribution in [0.3, 0.4) is 0 Å². The summed E-state index contributed by atoms with van der Waals surface area (Å²) in [7, 11) is 0. The highest BCUT2D eigenvalue weighted by Crippen LogP contribution is 2.11. The number of halogens is 1. The first kappa shape index (κ1) is 16.9. The van der Waals surface area contributed by atoms with E-state index in [0.717, 1.165) is 11.3 Å². The standard InChI is InChI=1S/C19H16ClN3O2/c1-13-10-17(24)18(22-23(13)16-8-3-2-4-9-16)19(25)21-12-14-6-5-7-15(20)11-14/h2-11H,12H2,1H3,(H,21,25). The smallest absolute Gasteiger partial charge is 0.276 e. The van der Waals surface area contributed by atoms with Gasteiger partial charge in [0.15, 0.2) is 5.69 Å². The lowest BCUT2D eigenvalue weighted by Gasteiger charge is -2.11. The fourth-order valence-electron chi connectivity index (χ4n) is 2.45. The molecule has 1 heterocycles. The monoisotopic (exact) mass is 353 g/mol. The molecule has 0 aliphatic heterocycles. The normalized spacial score (nSPS) is 10.5. The quantitative estimate of drug-likeness (QED) is 0.783. The minimum absolute atomic E-state index is 0.142. The summed E-state index contributed by atoms with van der Waals surface area (Å²) in [5.41, 5.74) is 1.73. The zero-order chi connectivity index (χ0) is 17.8. The second kappa shape index (κ2) is 7.32. The molecule has 0 saturated heterocycles. The van der Waals surface area contributed by atoms with Gasteiger partial charge in [-0.3, -0.25) is 9.59 Å². The molecule has 1 amide bonds. The lowest BCUT2D eigenvalue weighted by atomic mass is 10.2. The second-order valence-corrected chi connectivity index (χ2v) is 5.99. The van der Waals surface area contributed by atoms with Gasteiger partial charge in [-0.15, -0.1) is 0 Å². The number of aryl methyl sites for hydroxylation is 1. The van der Waals surface area contributed by atoms with Gasteiger partial charge in [0.25, 0.3) is 5.91 Å². The Morgan fingerprint density at radius 1 is 1.12 bits per heavy atom. The third kappa shape index (κ3) is 3.95. The highest BCUT2D eigenvalue weighted by atomic mass is 35.5. The average molecular weight is 354 g/mol. The van der Waals surface area contributed by atoms with Crippen LogP contribution in [0, 0.1) is 6.92 Å². The molecule has 5 nitrogen and oxygen atoms in total. The van der Waals surface area contributed by atoms with E-state index < -0.39 is 11.3 Å². The molecule has 0 radical (unpaired) electrons. The fraction of sp³-hybridized carbons (Fsp3) is 0.105. The molecule has 0 saturated carbocycles. The van der Waals surface area contributed by atoms with Crippen LogP contribution in [0.2, 0.25) is 5.02 Å². The van der Waals surface area contributed by atoms with Crippen molar-refractivity contribution in [3.63, 3.8) is 0 Å². The fourth-order valence-corrected chi connectivity index (χ4v) is 2.66. The van der Waals surface area contributed by atoms with Crippen LogP contribution in [0.5, 0.6) is 0 Å². The number of hydrogen-bond acceptors (Lipinski definition) is 3. The Hall–Kier alpha value is -2.92.